The maximum absolute atomic E-state index is 11.7. The summed E-state index contributed by atoms with van der Waals surface area (Å²) in [6, 6.07) is 7.76. The van der Waals surface area contributed by atoms with Crippen molar-refractivity contribution in [3.05, 3.63) is 35.4 Å². The minimum Gasteiger partial charge on any atom is -0.395 e. The molecule has 1 rings (SSSR count). The summed E-state index contributed by atoms with van der Waals surface area (Å²) in [5.41, 5.74) is 1.92. The summed E-state index contributed by atoms with van der Waals surface area (Å²) in [6.07, 6.45) is 1.94. The molecule has 0 atom stereocenters. The van der Waals surface area contributed by atoms with Crippen molar-refractivity contribution < 1.29 is 9.90 Å². The van der Waals surface area contributed by atoms with Crippen LogP contribution in [-0.2, 0) is 11.3 Å². The number of amides is 1. The first-order chi connectivity index (χ1) is 9.63. The molecule has 0 saturated carbocycles. The molecular formula is C17H23NO2. The van der Waals surface area contributed by atoms with E-state index in [0.29, 0.717) is 25.3 Å². The Balaban J connectivity index is 2.55. The van der Waals surface area contributed by atoms with Crippen LogP contribution in [0.15, 0.2) is 24.3 Å². The van der Waals surface area contributed by atoms with Gasteiger partial charge < -0.3 is 10.4 Å². The van der Waals surface area contributed by atoms with Crippen LogP contribution in [0.2, 0.25) is 0 Å². The van der Waals surface area contributed by atoms with Crippen LogP contribution in [0.1, 0.15) is 44.2 Å². The molecule has 3 nitrogen and oxygen atoms in total. The van der Waals surface area contributed by atoms with E-state index in [1.807, 2.05) is 24.3 Å². The topological polar surface area (TPSA) is 49.3 Å². The Kier molecular flexibility index (Phi) is 7.46. The molecule has 0 saturated heterocycles. The second-order valence-corrected chi connectivity index (χ2v) is 5.14. The summed E-state index contributed by atoms with van der Waals surface area (Å²) in [6.45, 7) is 4.79. The molecule has 1 amide bonds. The van der Waals surface area contributed by atoms with E-state index < -0.39 is 0 Å². The third-order valence-electron chi connectivity index (χ3n) is 2.90. The van der Waals surface area contributed by atoms with Gasteiger partial charge in [-0.05, 0) is 24.0 Å². The lowest BCUT2D eigenvalue weighted by molar-refractivity contribution is -0.121. The fourth-order valence-electron chi connectivity index (χ4n) is 1.71. The summed E-state index contributed by atoms with van der Waals surface area (Å²) in [5, 5.41) is 11.7. The average molecular weight is 273 g/mol. The molecule has 3 heteroatoms. The number of carbonyl (C=O) groups excluding carboxylic acids is 1. The molecule has 0 unspecified atom stereocenters. The summed E-state index contributed by atoms with van der Waals surface area (Å²) >= 11 is 0. The van der Waals surface area contributed by atoms with E-state index in [4.69, 9.17) is 5.11 Å². The molecule has 0 aliphatic rings. The van der Waals surface area contributed by atoms with Crippen LogP contribution in [0.25, 0.3) is 0 Å². The quantitative estimate of drug-likeness (QED) is 0.782. The molecule has 1 aromatic carbocycles. The van der Waals surface area contributed by atoms with Crippen LogP contribution in [0.5, 0.6) is 0 Å². The first-order valence-corrected chi connectivity index (χ1v) is 7.07. The van der Waals surface area contributed by atoms with Gasteiger partial charge in [0.05, 0.1) is 6.61 Å². The average Bonchev–Trinajstić information content (AvgIpc) is 2.44. The molecule has 0 spiro atoms. The zero-order chi connectivity index (χ0) is 14.8. The van der Waals surface area contributed by atoms with Gasteiger partial charge in [0.2, 0.25) is 5.91 Å². The number of carbonyl (C=O) groups is 1. The Hall–Kier alpha value is -1.79. The zero-order valence-electron chi connectivity index (χ0n) is 12.3. The summed E-state index contributed by atoms with van der Waals surface area (Å²) in [4.78, 5) is 11.7. The highest BCUT2D eigenvalue weighted by atomic mass is 16.2. The fourth-order valence-corrected chi connectivity index (χ4v) is 1.71. The van der Waals surface area contributed by atoms with E-state index in [-0.39, 0.29) is 12.5 Å². The van der Waals surface area contributed by atoms with E-state index in [9.17, 15) is 4.79 Å². The van der Waals surface area contributed by atoms with E-state index >= 15 is 0 Å². The second-order valence-electron chi connectivity index (χ2n) is 5.14. The lowest BCUT2D eigenvalue weighted by Gasteiger charge is -2.08. The highest BCUT2D eigenvalue weighted by Gasteiger charge is 2.04. The monoisotopic (exact) mass is 273 g/mol. The SMILES string of the molecule is CC(C)CCC(=O)NCc1ccccc1C#CCCO. The molecule has 0 aliphatic carbocycles. The van der Waals surface area contributed by atoms with Gasteiger partial charge in [-0.3, -0.25) is 4.79 Å². The Bertz CT molecular complexity index is 483. The predicted molar refractivity (Wildman–Crippen MR) is 80.9 cm³/mol. The molecule has 20 heavy (non-hydrogen) atoms. The number of hydrogen-bond acceptors (Lipinski definition) is 2. The molecule has 1 aromatic rings. The minimum atomic E-state index is 0.0705. The number of benzene rings is 1. The molecule has 0 aliphatic heterocycles. The van der Waals surface area contributed by atoms with Gasteiger partial charge in [-0.2, -0.15) is 0 Å². The molecule has 0 fully saturated rings. The number of nitrogens with one attached hydrogen (secondary N) is 1. The van der Waals surface area contributed by atoms with Crippen molar-refractivity contribution in [3.8, 4) is 11.8 Å². The molecule has 0 radical (unpaired) electrons. The Morgan fingerprint density at radius 3 is 2.80 bits per heavy atom. The minimum absolute atomic E-state index is 0.0705. The first-order valence-electron chi connectivity index (χ1n) is 7.07. The summed E-state index contributed by atoms with van der Waals surface area (Å²) in [5.74, 6) is 6.55. The molecular weight excluding hydrogens is 250 g/mol. The van der Waals surface area contributed by atoms with Crippen molar-refractivity contribution in [2.75, 3.05) is 6.61 Å². The van der Waals surface area contributed by atoms with Crippen molar-refractivity contribution in [1.82, 2.24) is 5.32 Å². The number of aliphatic hydroxyl groups is 1. The smallest absolute Gasteiger partial charge is 0.220 e. The number of rotatable bonds is 6. The zero-order valence-corrected chi connectivity index (χ0v) is 12.3. The maximum atomic E-state index is 11.7. The van der Waals surface area contributed by atoms with Gasteiger partial charge in [-0.25, -0.2) is 0 Å². The van der Waals surface area contributed by atoms with E-state index in [2.05, 4.69) is 31.0 Å². The van der Waals surface area contributed by atoms with E-state index in [1.54, 1.807) is 0 Å². The van der Waals surface area contributed by atoms with Gasteiger partial charge in [0, 0.05) is 24.9 Å². The van der Waals surface area contributed by atoms with Gasteiger partial charge in [0.25, 0.3) is 0 Å². The van der Waals surface area contributed by atoms with Crippen LogP contribution in [0.3, 0.4) is 0 Å². The van der Waals surface area contributed by atoms with Gasteiger partial charge in [-0.15, -0.1) is 0 Å². The van der Waals surface area contributed by atoms with Crippen molar-refractivity contribution in [3.63, 3.8) is 0 Å². The van der Waals surface area contributed by atoms with E-state index in [1.165, 1.54) is 0 Å². The van der Waals surface area contributed by atoms with Crippen molar-refractivity contribution in [2.45, 2.75) is 39.7 Å². The van der Waals surface area contributed by atoms with Crippen LogP contribution >= 0.6 is 0 Å². The lowest BCUT2D eigenvalue weighted by atomic mass is 10.1. The molecule has 108 valence electrons. The van der Waals surface area contributed by atoms with Crippen molar-refractivity contribution in [2.24, 2.45) is 5.92 Å². The standard InChI is InChI=1S/C17H23NO2/c1-14(2)10-11-17(20)18-13-16-9-4-3-7-15(16)8-5-6-12-19/h3-4,7,9,14,19H,6,10-13H2,1-2H3,(H,18,20). The maximum Gasteiger partial charge on any atom is 0.220 e. The normalized spacial score (nSPS) is 10.0. The largest absolute Gasteiger partial charge is 0.395 e. The van der Waals surface area contributed by atoms with Crippen LogP contribution < -0.4 is 5.32 Å². The first kappa shape index (κ1) is 16.3. The fraction of sp³-hybridized carbons (Fsp3) is 0.471. The molecule has 2 N–H and O–H groups in total. The highest BCUT2D eigenvalue weighted by Crippen LogP contribution is 2.08. The van der Waals surface area contributed by atoms with Gasteiger partial charge in [-0.1, -0.05) is 43.9 Å². The third kappa shape index (κ3) is 6.40. The van der Waals surface area contributed by atoms with Gasteiger partial charge in [0.15, 0.2) is 0 Å². The van der Waals surface area contributed by atoms with Gasteiger partial charge >= 0.3 is 0 Å². The Morgan fingerprint density at radius 1 is 1.35 bits per heavy atom. The molecule has 0 heterocycles. The van der Waals surface area contributed by atoms with Gasteiger partial charge in [0.1, 0.15) is 0 Å². The third-order valence-corrected chi connectivity index (χ3v) is 2.90. The second kappa shape index (κ2) is 9.17. The number of aliphatic hydroxyl groups excluding tert-OH is 1. The van der Waals surface area contributed by atoms with Crippen LogP contribution in [0, 0.1) is 17.8 Å². The lowest BCUT2D eigenvalue weighted by Crippen LogP contribution is -2.23. The van der Waals surface area contributed by atoms with E-state index in [0.717, 1.165) is 17.5 Å². The van der Waals surface area contributed by atoms with Crippen LogP contribution in [-0.4, -0.2) is 17.6 Å². The predicted octanol–water partition coefficient (Wildman–Crippen LogP) is 2.47. The molecule has 0 bridgehead atoms. The van der Waals surface area contributed by atoms with Crippen LogP contribution in [0.4, 0.5) is 0 Å². The highest BCUT2D eigenvalue weighted by molar-refractivity contribution is 5.75. The van der Waals surface area contributed by atoms with Crippen molar-refractivity contribution in [1.29, 1.82) is 0 Å². The Labute approximate surface area is 121 Å². The molecule has 0 aromatic heterocycles. The Morgan fingerprint density at radius 2 is 2.10 bits per heavy atom. The number of hydrogen-bond donors (Lipinski definition) is 2. The summed E-state index contributed by atoms with van der Waals surface area (Å²) < 4.78 is 0. The van der Waals surface area contributed by atoms with Crippen molar-refractivity contribution >= 4 is 5.91 Å². The summed E-state index contributed by atoms with van der Waals surface area (Å²) in [7, 11) is 0.